The van der Waals surface area contributed by atoms with Gasteiger partial charge in [-0.1, -0.05) is 24.3 Å². The molecule has 160 valence electrons. The van der Waals surface area contributed by atoms with Gasteiger partial charge in [0.2, 0.25) is 5.91 Å². The molecule has 0 spiro atoms. The molecule has 0 radical (unpaired) electrons. The molecule has 0 bridgehead atoms. The predicted molar refractivity (Wildman–Crippen MR) is 118 cm³/mol. The van der Waals surface area contributed by atoms with E-state index in [1.165, 1.54) is 36.9 Å². The molecule has 3 saturated heterocycles. The zero-order valence-electron chi connectivity index (χ0n) is 18.4. The monoisotopic (exact) mass is 398 g/mol. The Kier molecular flexibility index (Phi) is 6.88. The predicted octanol–water partition coefficient (Wildman–Crippen LogP) is 2.45. The van der Waals surface area contributed by atoms with Crippen LogP contribution in [-0.4, -0.2) is 91.0 Å². The van der Waals surface area contributed by atoms with Gasteiger partial charge in [0.15, 0.2) is 0 Å². The Bertz CT molecular complexity index is 693. The SMILES string of the molecule is Cc1ccccc1CN1CCCN(C(=O)CN2CCC3C(CCCN3C)C2)CC1. The number of carbonyl (C=O) groups excluding carboxylic acids is 1. The number of fused-ring (bicyclic) bond motifs is 1. The van der Waals surface area contributed by atoms with Crippen LogP contribution in [0.2, 0.25) is 0 Å². The molecular formula is C24H38N4O. The summed E-state index contributed by atoms with van der Waals surface area (Å²) < 4.78 is 0. The van der Waals surface area contributed by atoms with Crippen molar-refractivity contribution in [3.05, 3.63) is 35.4 Å². The fourth-order valence-electron chi connectivity index (χ4n) is 5.57. The van der Waals surface area contributed by atoms with Gasteiger partial charge < -0.3 is 9.80 Å². The molecule has 3 fully saturated rings. The van der Waals surface area contributed by atoms with Crippen LogP contribution in [0.25, 0.3) is 0 Å². The number of aryl methyl sites for hydroxylation is 1. The summed E-state index contributed by atoms with van der Waals surface area (Å²) in [5.41, 5.74) is 2.77. The lowest BCUT2D eigenvalue weighted by Gasteiger charge is -2.46. The van der Waals surface area contributed by atoms with Crippen LogP contribution in [0.15, 0.2) is 24.3 Å². The van der Waals surface area contributed by atoms with Crippen LogP contribution in [0.4, 0.5) is 0 Å². The van der Waals surface area contributed by atoms with Crippen LogP contribution in [0.3, 0.4) is 0 Å². The van der Waals surface area contributed by atoms with Crippen molar-refractivity contribution in [2.45, 2.75) is 45.2 Å². The van der Waals surface area contributed by atoms with Crippen LogP contribution in [0.5, 0.6) is 0 Å². The molecule has 1 aromatic carbocycles. The molecule has 5 heteroatoms. The molecule has 3 aliphatic heterocycles. The molecule has 1 aromatic rings. The van der Waals surface area contributed by atoms with Gasteiger partial charge in [0.05, 0.1) is 6.54 Å². The normalized spacial score (nSPS) is 27.4. The first-order chi connectivity index (χ1) is 14.1. The van der Waals surface area contributed by atoms with Crippen molar-refractivity contribution in [3.63, 3.8) is 0 Å². The average Bonchev–Trinajstić information content (AvgIpc) is 2.96. The quantitative estimate of drug-likeness (QED) is 0.779. The molecule has 4 rings (SSSR count). The minimum Gasteiger partial charge on any atom is -0.340 e. The molecule has 1 amide bonds. The largest absolute Gasteiger partial charge is 0.340 e. The molecule has 0 aromatic heterocycles. The molecule has 29 heavy (non-hydrogen) atoms. The summed E-state index contributed by atoms with van der Waals surface area (Å²) in [6.45, 7) is 11.1. The van der Waals surface area contributed by atoms with Crippen LogP contribution < -0.4 is 0 Å². The highest BCUT2D eigenvalue weighted by molar-refractivity contribution is 5.78. The van der Waals surface area contributed by atoms with Crippen molar-refractivity contribution in [1.82, 2.24) is 19.6 Å². The number of benzene rings is 1. The molecular weight excluding hydrogens is 360 g/mol. The maximum Gasteiger partial charge on any atom is 0.236 e. The summed E-state index contributed by atoms with van der Waals surface area (Å²) >= 11 is 0. The highest BCUT2D eigenvalue weighted by atomic mass is 16.2. The third-order valence-electron chi connectivity index (χ3n) is 7.39. The number of rotatable bonds is 4. The summed E-state index contributed by atoms with van der Waals surface area (Å²) in [7, 11) is 2.28. The van der Waals surface area contributed by atoms with Crippen molar-refractivity contribution in [1.29, 1.82) is 0 Å². The number of piperidine rings is 2. The van der Waals surface area contributed by atoms with Gasteiger partial charge >= 0.3 is 0 Å². The second-order valence-electron chi connectivity index (χ2n) is 9.41. The van der Waals surface area contributed by atoms with Gasteiger partial charge in [0.25, 0.3) is 0 Å². The summed E-state index contributed by atoms with van der Waals surface area (Å²) in [5.74, 6) is 1.09. The van der Waals surface area contributed by atoms with Crippen molar-refractivity contribution < 1.29 is 4.79 Å². The highest BCUT2D eigenvalue weighted by Crippen LogP contribution is 2.29. The Labute approximate surface area is 176 Å². The lowest BCUT2D eigenvalue weighted by atomic mass is 9.84. The standard InChI is InChI=1S/C24H38N4O/c1-20-7-3-4-8-21(20)17-26-12-6-13-28(16-15-26)24(29)19-27-14-10-23-22(18-27)9-5-11-25(23)2/h3-4,7-8,22-23H,5-6,9-19H2,1-2H3. The van der Waals surface area contributed by atoms with E-state index in [0.717, 1.165) is 64.2 Å². The van der Waals surface area contributed by atoms with Crippen LogP contribution in [-0.2, 0) is 11.3 Å². The maximum atomic E-state index is 13.0. The van der Waals surface area contributed by atoms with E-state index < -0.39 is 0 Å². The highest BCUT2D eigenvalue weighted by Gasteiger charge is 2.35. The molecule has 0 aliphatic carbocycles. The van der Waals surface area contributed by atoms with E-state index in [-0.39, 0.29) is 0 Å². The molecule has 3 aliphatic rings. The van der Waals surface area contributed by atoms with E-state index in [0.29, 0.717) is 12.5 Å². The minimum absolute atomic E-state index is 0.338. The van der Waals surface area contributed by atoms with E-state index in [1.54, 1.807) is 0 Å². The summed E-state index contributed by atoms with van der Waals surface area (Å²) in [6, 6.07) is 9.40. The topological polar surface area (TPSA) is 30.0 Å². The Morgan fingerprint density at radius 2 is 1.83 bits per heavy atom. The number of carbonyl (C=O) groups is 1. The first-order valence-corrected chi connectivity index (χ1v) is 11.6. The second kappa shape index (κ2) is 9.59. The van der Waals surface area contributed by atoms with E-state index >= 15 is 0 Å². The van der Waals surface area contributed by atoms with E-state index in [2.05, 4.69) is 57.8 Å². The molecule has 3 heterocycles. The third kappa shape index (κ3) is 5.19. The summed E-state index contributed by atoms with van der Waals surface area (Å²) in [6.07, 6.45) is 4.94. The fourth-order valence-corrected chi connectivity index (χ4v) is 5.57. The van der Waals surface area contributed by atoms with Crippen LogP contribution >= 0.6 is 0 Å². The molecule has 0 saturated carbocycles. The van der Waals surface area contributed by atoms with E-state index in [9.17, 15) is 4.79 Å². The van der Waals surface area contributed by atoms with Crippen LogP contribution in [0, 0.1) is 12.8 Å². The lowest BCUT2D eigenvalue weighted by molar-refractivity contribution is -0.133. The summed E-state index contributed by atoms with van der Waals surface area (Å²) in [4.78, 5) is 22.6. The lowest BCUT2D eigenvalue weighted by Crippen LogP contribution is -2.54. The van der Waals surface area contributed by atoms with Crippen molar-refractivity contribution >= 4 is 5.91 Å². The van der Waals surface area contributed by atoms with Crippen molar-refractivity contribution in [2.75, 3.05) is 59.4 Å². The van der Waals surface area contributed by atoms with E-state index in [1.807, 2.05) is 0 Å². The van der Waals surface area contributed by atoms with Gasteiger partial charge in [0.1, 0.15) is 0 Å². The first-order valence-electron chi connectivity index (χ1n) is 11.6. The fraction of sp³-hybridized carbons (Fsp3) is 0.708. The molecule has 2 atom stereocenters. The minimum atomic E-state index is 0.338. The maximum absolute atomic E-state index is 13.0. The first kappa shape index (κ1) is 20.8. The zero-order chi connectivity index (χ0) is 20.2. The van der Waals surface area contributed by atoms with Gasteiger partial charge in [-0.15, -0.1) is 0 Å². The van der Waals surface area contributed by atoms with E-state index in [4.69, 9.17) is 0 Å². The third-order valence-corrected chi connectivity index (χ3v) is 7.39. The number of nitrogens with zero attached hydrogens (tertiary/aromatic N) is 4. The van der Waals surface area contributed by atoms with Gasteiger partial charge in [-0.2, -0.15) is 0 Å². The number of hydrogen-bond acceptors (Lipinski definition) is 4. The van der Waals surface area contributed by atoms with Crippen molar-refractivity contribution in [2.24, 2.45) is 5.92 Å². The van der Waals surface area contributed by atoms with Crippen molar-refractivity contribution in [3.8, 4) is 0 Å². The number of likely N-dealkylation sites (tertiary alicyclic amines) is 2. The Balaban J connectivity index is 1.26. The molecule has 2 unspecified atom stereocenters. The van der Waals surface area contributed by atoms with Gasteiger partial charge in [-0.05, 0) is 63.2 Å². The zero-order valence-corrected chi connectivity index (χ0v) is 18.4. The summed E-state index contributed by atoms with van der Waals surface area (Å²) in [5, 5.41) is 0. The van der Waals surface area contributed by atoms with Gasteiger partial charge in [-0.3, -0.25) is 14.6 Å². The molecule has 5 nitrogen and oxygen atoms in total. The Morgan fingerprint density at radius 3 is 2.69 bits per heavy atom. The second-order valence-corrected chi connectivity index (χ2v) is 9.41. The number of hydrogen-bond donors (Lipinski definition) is 0. The Morgan fingerprint density at radius 1 is 0.966 bits per heavy atom. The number of amides is 1. The average molecular weight is 399 g/mol. The smallest absolute Gasteiger partial charge is 0.236 e. The molecule has 0 N–H and O–H groups in total. The van der Waals surface area contributed by atoms with Gasteiger partial charge in [0, 0.05) is 51.9 Å². The van der Waals surface area contributed by atoms with Crippen LogP contribution in [0.1, 0.15) is 36.8 Å². The Hall–Kier alpha value is -1.43. The van der Waals surface area contributed by atoms with Gasteiger partial charge in [-0.25, -0.2) is 0 Å².